The van der Waals surface area contributed by atoms with Crippen LogP contribution in [0.5, 0.6) is 0 Å². The van der Waals surface area contributed by atoms with Crippen LogP contribution in [0.2, 0.25) is 0 Å². The third-order valence-electron chi connectivity index (χ3n) is 2.09. The molecule has 0 amide bonds. The minimum Gasteiger partial charge on any atom is -0.445 e. The maximum Gasteiger partial charge on any atom is 0.506 e. The fourth-order valence-corrected chi connectivity index (χ4v) is 1.33. The SMILES string of the molecule is C=C(CN1CCCC1)[B-](F)(F)F. The Morgan fingerprint density at radius 3 is 2.17 bits per heavy atom. The molecule has 0 bridgehead atoms. The molecule has 1 heterocycles. The predicted octanol–water partition coefficient (Wildman–Crippen LogP) is 2.02. The van der Waals surface area contributed by atoms with Crippen LogP contribution in [-0.4, -0.2) is 31.5 Å². The van der Waals surface area contributed by atoms with Gasteiger partial charge >= 0.3 is 6.98 Å². The van der Waals surface area contributed by atoms with Crippen LogP contribution in [-0.2, 0) is 0 Å². The van der Waals surface area contributed by atoms with Gasteiger partial charge in [0.15, 0.2) is 0 Å². The third kappa shape index (κ3) is 2.55. The maximum atomic E-state index is 12.0. The monoisotopic (exact) mass is 178 g/mol. The highest BCUT2D eigenvalue weighted by Gasteiger charge is 2.28. The van der Waals surface area contributed by atoms with Crippen LogP contribution in [0.1, 0.15) is 12.8 Å². The van der Waals surface area contributed by atoms with Crippen LogP contribution in [0, 0.1) is 0 Å². The van der Waals surface area contributed by atoms with E-state index in [-0.39, 0.29) is 6.54 Å². The van der Waals surface area contributed by atoms with Gasteiger partial charge in [-0.25, -0.2) is 0 Å². The molecule has 0 aromatic rings. The van der Waals surface area contributed by atoms with Crippen molar-refractivity contribution in [3.63, 3.8) is 0 Å². The lowest BCUT2D eigenvalue weighted by Gasteiger charge is -2.23. The second kappa shape index (κ2) is 3.52. The number of hydrogen-bond donors (Lipinski definition) is 0. The zero-order valence-corrected chi connectivity index (χ0v) is 6.90. The molecule has 1 nitrogen and oxygen atoms in total. The highest BCUT2D eigenvalue weighted by molar-refractivity contribution is 6.66. The summed E-state index contributed by atoms with van der Waals surface area (Å²) in [6.45, 7) is -0.205. The quantitative estimate of drug-likeness (QED) is 0.597. The van der Waals surface area contributed by atoms with E-state index in [9.17, 15) is 12.9 Å². The van der Waals surface area contributed by atoms with Crippen molar-refractivity contribution in [2.45, 2.75) is 12.8 Å². The highest BCUT2D eigenvalue weighted by atomic mass is 19.4. The van der Waals surface area contributed by atoms with E-state index >= 15 is 0 Å². The summed E-state index contributed by atoms with van der Waals surface area (Å²) in [7, 11) is 0. The second-order valence-corrected chi connectivity index (χ2v) is 3.22. The van der Waals surface area contributed by atoms with E-state index in [0.29, 0.717) is 0 Å². The van der Waals surface area contributed by atoms with Crippen molar-refractivity contribution in [1.82, 2.24) is 4.90 Å². The molecule has 0 radical (unpaired) electrons. The molecule has 5 heteroatoms. The Morgan fingerprint density at radius 1 is 1.25 bits per heavy atom. The Labute approximate surface area is 70.3 Å². The van der Waals surface area contributed by atoms with Crippen molar-refractivity contribution in [2.75, 3.05) is 19.6 Å². The fourth-order valence-electron chi connectivity index (χ4n) is 1.33. The number of nitrogens with zero attached hydrogens (tertiary/aromatic N) is 1. The van der Waals surface area contributed by atoms with E-state index in [2.05, 4.69) is 6.58 Å². The number of halogens is 3. The molecule has 70 valence electrons. The van der Waals surface area contributed by atoms with Crippen molar-refractivity contribution >= 4 is 6.98 Å². The predicted molar refractivity (Wildman–Crippen MR) is 43.9 cm³/mol. The standard InChI is InChI=1S/C7H12BF3N/c1-7(8(9,10)11)6-12-4-2-3-5-12/h1-6H2/q-1. The molecule has 1 fully saturated rings. The Kier molecular flexibility index (Phi) is 2.83. The van der Waals surface area contributed by atoms with Gasteiger partial charge in [0.1, 0.15) is 0 Å². The van der Waals surface area contributed by atoms with Gasteiger partial charge in [-0.3, -0.25) is 0 Å². The van der Waals surface area contributed by atoms with Gasteiger partial charge in [0.05, 0.1) is 0 Å². The molecule has 12 heavy (non-hydrogen) atoms. The van der Waals surface area contributed by atoms with E-state index in [1.807, 2.05) is 0 Å². The average Bonchev–Trinajstić information content (AvgIpc) is 2.37. The first kappa shape index (κ1) is 9.64. The molecule has 0 aromatic heterocycles. The second-order valence-electron chi connectivity index (χ2n) is 3.22. The molecule has 0 aliphatic carbocycles. The zero-order chi connectivity index (χ0) is 9.19. The van der Waals surface area contributed by atoms with Gasteiger partial charge in [0.25, 0.3) is 0 Å². The van der Waals surface area contributed by atoms with Gasteiger partial charge in [-0.1, -0.05) is 0 Å². The molecular weight excluding hydrogens is 166 g/mol. The summed E-state index contributed by atoms with van der Waals surface area (Å²) < 4.78 is 36.1. The highest BCUT2D eigenvalue weighted by Crippen LogP contribution is 2.20. The van der Waals surface area contributed by atoms with E-state index in [1.54, 1.807) is 4.90 Å². The van der Waals surface area contributed by atoms with Gasteiger partial charge in [-0.15, -0.1) is 12.1 Å². The van der Waals surface area contributed by atoms with Crippen LogP contribution in [0.25, 0.3) is 0 Å². The van der Waals surface area contributed by atoms with Crippen LogP contribution in [0.4, 0.5) is 12.9 Å². The molecule has 0 unspecified atom stereocenters. The molecule has 0 N–H and O–H groups in total. The first-order valence-corrected chi connectivity index (χ1v) is 4.10. The van der Waals surface area contributed by atoms with Crippen molar-refractivity contribution in [1.29, 1.82) is 0 Å². The number of rotatable bonds is 3. The Balaban J connectivity index is 2.35. The summed E-state index contributed by atoms with van der Waals surface area (Å²) in [6.07, 6.45) is 2.02. The van der Waals surface area contributed by atoms with Crippen LogP contribution in [0.3, 0.4) is 0 Å². The van der Waals surface area contributed by atoms with Crippen LogP contribution in [0.15, 0.2) is 12.1 Å². The largest absolute Gasteiger partial charge is 0.506 e. The number of likely N-dealkylation sites (tertiary alicyclic amines) is 1. The molecule has 0 saturated carbocycles. The van der Waals surface area contributed by atoms with E-state index in [4.69, 9.17) is 0 Å². The van der Waals surface area contributed by atoms with E-state index in [0.717, 1.165) is 25.9 Å². The first-order chi connectivity index (χ1) is 5.50. The smallest absolute Gasteiger partial charge is 0.445 e. The van der Waals surface area contributed by atoms with Gasteiger partial charge < -0.3 is 17.8 Å². The lowest BCUT2D eigenvalue weighted by molar-refractivity contribution is 0.362. The Hall–Kier alpha value is -0.445. The topological polar surface area (TPSA) is 3.24 Å². The van der Waals surface area contributed by atoms with E-state index in [1.165, 1.54) is 0 Å². The fraction of sp³-hybridized carbons (Fsp3) is 0.714. The minimum absolute atomic E-state index is 0.00347. The molecule has 0 aromatic carbocycles. The molecule has 1 aliphatic rings. The van der Waals surface area contributed by atoms with Crippen molar-refractivity contribution in [2.24, 2.45) is 0 Å². The Bertz CT molecular complexity index is 172. The van der Waals surface area contributed by atoms with E-state index < -0.39 is 12.4 Å². The van der Waals surface area contributed by atoms with Crippen molar-refractivity contribution in [3.8, 4) is 0 Å². The molecule has 0 spiro atoms. The molecule has 1 rings (SSSR count). The van der Waals surface area contributed by atoms with Crippen LogP contribution < -0.4 is 0 Å². The number of hydrogen-bond acceptors (Lipinski definition) is 1. The zero-order valence-electron chi connectivity index (χ0n) is 6.90. The average molecular weight is 178 g/mol. The third-order valence-corrected chi connectivity index (χ3v) is 2.09. The summed E-state index contributed by atoms with van der Waals surface area (Å²) in [6, 6.07) is 0. The van der Waals surface area contributed by atoms with Gasteiger partial charge in [0, 0.05) is 0 Å². The maximum absolute atomic E-state index is 12.0. The summed E-state index contributed by atoms with van der Waals surface area (Å²) in [5, 5.41) is 0. The van der Waals surface area contributed by atoms with Gasteiger partial charge in [-0.2, -0.15) is 0 Å². The summed E-state index contributed by atoms with van der Waals surface area (Å²) in [5.41, 5.74) is -0.572. The van der Waals surface area contributed by atoms with Crippen LogP contribution >= 0.6 is 0 Å². The molecule has 1 aliphatic heterocycles. The summed E-state index contributed by atoms with van der Waals surface area (Å²) in [5.74, 6) is 0. The van der Waals surface area contributed by atoms with Crippen molar-refractivity contribution < 1.29 is 12.9 Å². The molecular formula is C7H12BF3N-. The summed E-state index contributed by atoms with van der Waals surface area (Å²) >= 11 is 0. The Morgan fingerprint density at radius 2 is 1.75 bits per heavy atom. The normalized spacial score (nSPS) is 19.9. The molecule has 1 saturated heterocycles. The lowest BCUT2D eigenvalue weighted by atomic mass is 9.80. The molecule has 0 atom stereocenters. The van der Waals surface area contributed by atoms with Gasteiger partial charge in [-0.05, 0) is 32.5 Å². The van der Waals surface area contributed by atoms with Crippen molar-refractivity contribution in [3.05, 3.63) is 12.1 Å². The summed E-state index contributed by atoms with van der Waals surface area (Å²) in [4.78, 5) is 1.80. The lowest BCUT2D eigenvalue weighted by Crippen LogP contribution is -2.30. The van der Waals surface area contributed by atoms with Gasteiger partial charge in [0.2, 0.25) is 0 Å². The minimum atomic E-state index is -4.82. The first-order valence-electron chi connectivity index (χ1n) is 4.10.